The zero-order valence-electron chi connectivity index (χ0n) is 18.2. The third kappa shape index (κ3) is 3.39. The van der Waals surface area contributed by atoms with Crippen LogP contribution < -0.4 is 0 Å². The highest BCUT2D eigenvalue weighted by molar-refractivity contribution is 6.15. The van der Waals surface area contributed by atoms with Crippen molar-refractivity contribution in [2.24, 2.45) is 0 Å². The van der Waals surface area contributed by atoms with Gasteiger partial charge in [0.05, 0.1) is 24.3 Å². The van der Waals surface area contributed by atoms with Gasteiger partial charge in [0, 0.05) is 43.8 Å². The van der Waals surface area contributed by atoms with Gasteiger partial charge in [-0.1, -0.05) is 29.8 Å². The largest absolute Gasteiger partial charge is 0.505 e. The normalized spacial score (nSPS) is 16.0. The smallest absolute Gasteiger partial charge is 0.258 e. The van der Waals surface area contributed by atoms with Crippen LogP contribution in [0.1, 0.15) is 43.0 Å². The molecule has 2 aliphatic heterocycles. The molecule has 3 aromatic rings. The number of aromatic nitrogens is 1. The topological polar surface area (TPSA) is 83.0 Å². The van der Waals surface area contributed by atoms with E-state index in [1.807, 2.05) is 13.0 Å². The summed E-state index contributed by atoms with van der Waals surface area (Å²) in [5, 5.41) is 11.5. The van der Waals surface area contributed by atoms with Crippen LogP contribution in [0.25, 0.3) is 10.9 Å². The van der Waals surface area contributed by atoms with E-state index in [1.54, 1.807) is 18.1 Å². The number of phenols is 1. The number of ether oxygens (including phenoxy) is 1. The van der Waals surface area contributed by atoms with Crippen LogP contribution in [0.3, 0.4) is 0 Å². The van der Waals surface area contributed by atoms with Gasteiger partial charge < -0.3 is 19.6 Å². The zero-order chi connectivity index (χ0) is 22.4. The highest BCUT2D eigenvalue weighted by Crippen LogP contribution is 2.40. The Kier molecular flexibility index (Phi) is 5.06. The SMILES string of the molecule is Cc1ccc(Cc2cnc3c(O)c4c(c(C(=O)N5CCOCC5)c3c2)CN(C)C4=O)cc1. The maximum Gasteiger partial charge on any atom is 0.258 e. The fourth-order valence-electron chi connectivity index (χ4n) is 4.53. The molecule has 1 fully saturated rings. The number of carbonyl (C=O) groups excluding carboxylic acids is 2. The molecule has 2 aromatic carbocycles. The van der Waals surface area contributed by atoms with Crippen molar-refractivity contribution in [1.29, 1.82) is 0 Å². The molecule has 5 rings (SSSR count). The fourth-order valence-corrected chi connectivity index (χ4v) is 4.53. The Morgan fingerprint density at radius 2 is 1.88 bits per heavy atom. The fraction of sp³-hybridized carbons (Fsp3) is 0.320. The molecule has 7 nitrogen and oxygen atoms in total. The Hall–Kier alpha value is -3.45. The third-order valence-corrected chi connectivity index (χ3v) is 6.28. The molecule has 0 aliphatic carbocycles. The van der Waals surface area contributed by atoms with Gasteiger partial charge in [-0.25, -0.2) is 0 Å². The summed E-state index contributed by atoms with van der Waals surface area (Å²) in [6.45, 7) is 4.30. The van der Waals surface area contributed by atoms with Crippen molar-refractivity contribution in [2.45, 2.75) is 19.9 Å². The number of nitrogens with zero attached hydrogens (tertiary/aromatic N) is 3. The Morgan fingerprint density at radius 3 is 2.59 bits per heavy atom. The third-order valence-electron chi connectivity index (χ3n) is 6.28. The van der Waals surface area contributed by atoms with Crippen LogP contribution in [0.5, 0.6) is 5.75 Å². The van der Waals surface area contributed by atoms with Gasteiger partial charge in [0.25, 0.3) is 11.8 Å². The van der Waals surface area contributed by atoms with Crippen molar-refractivity contribution in [3.05, 3.63) is 69.9 Å². The molecule has 1 saturated heterocycles. The van der Waals surface area contributed by atoms with E-state index in [-0.39, 0.29) is 35.2 Å². The number of hydrogen-bond acceptors (Lipinski definition) is 5. The number of morpholine rings is 1. The molecule has 164 valence electrons. The average Bonchev–Trinajstić information content (AvgIpc) is 3.10. The molecule has 1 N–H and O–H groups in total. The minimum Gasteiger partial charge on any atom is -0.505 e. The van der Waals surface area contributed by atoms with Gasteiger partial charge in [-0.15, -0.1) is 0 Å². The summed E-state index contributed by atoms with van der Waals surface area (Å²) in [5.41, 5.74) is 4.79. The van der Waals surface area contributed by atoms with Gasteiger partial charge in [-0.05, 0) is 30.5 Å². The van der Waals surface area contributed by atoms with Gasteiger partial charge in [0.2, 0.25) is 0 Å². The van der Waals surface area contributed by atoms with Gasteiger partial charge in [-0.2, -0.15) is 0 Å². The number of hydrogen-bond donors (Lipinski definition) is 1. The number of phenolic OH excluding ortho intramolecular Hbond substituents is 1. The monoisotopic (exact) mass is 431 g/mol. The quantitative estimate of drug-likeness (QED) is 0.690. The molecule has 3 heterocycles. The molecule has 32 heavy (non-hydrogen) atoms. The van der Waals surface area contributed by atoms with Crippen LogP contribution in [0, 0.1) is 6.92 Å². The van der Waals surface area contributed by atoms with E-state index >= 15 is 0 Å². The molecular weight excluding hydrogens is 406 g/mol. The standard InChI is InChI=1S/C25H25N3O4/c1-15-3-5-16(6-4-15)11-17-12-18-20(25(31)28-7-9-32-10-8-28)19-14-27(2)24(30)21(19)23(29)22(18)26-13-17/h3-6,12-13,29H,7-11,14H2,1-2H3. The van der Waals surface area contributed by atoms with Crippen LogP contribution in [0.15, 0.2) is 36.5 Å². The van der Waals surface area contributed by atoms with Crippen molar-refractivity contribution >= 4 is 22.7 Å². The second-order valence-electron chi connectivity index (χ2n) is 8.55. The zero-order valence-corrected chi connectivity index (χ0v) is 18.2. The molecular formula is C25H25N3O4. The average molecular weight is 431 g/mol. The Morgan fingerprint density at radius 1 is 1.16 bits per heavy atom. The van der Waals surface area contributed by atoms with E-state index in [0.29, 0.717) is 49.2 Å². The maximum atomic E-state index is 13.6. The maximum absolute atomic E-state index is 13.6. The molecule has 0 radical (unpaired) electrons. The molecule has 2 aliphatic rings. The summed E-state index contributed by atoms with van der Waals surface area (Å²) in [7, 11) is 1.67. The highest BCUT2D eigenvalue weighted by atomic mass is 16.5. The number of fused-ring (bicyclic) bond motifs is 2. The van der Waals surface area contributed by atoms with Crippen molar-refractivity contribution in [1.82, 2.24) is 14.8 Å². The van der Waals surface area contributed by atoms with Gasteiger partial charge in [0.15, 0.2) is 5.75 Å². The molecule has 0 unspecified atom stereocenters. The van der Waals surface area contributed by atoms with E-state index in [9.17, 15) is 14.7 Å². The van der Waals surface area contributed by atoms with Crippen LogP contribution in [0.2, 0.25) is 0 Å². The van der Waals surface area contributed by atoms with E-state index < -0.39 is 0 Å². The number of amides is 2. The lowest BCUT2D eigenvalue weighted by Gasteiger charge is -2.28. The van der Waals surface area contributed by atoms with Gasteiger partial charge >= 0.3 is 0 Å². The highest BCUT2D eigenvalue weighted by Gasteiger charge is 2.36. The minimum absolute atomic E-state index is 0.146. The number of benzene rings is 2. The molecule has 0 bridgehead atoms. The first kappa shape index (κ1) is 20.5. The van der Waals surface area contributed by atoms with Crippen LogP contribution >= 0.6 is 0 Å². The number of aromatic hydroxyl groups is 1. The Labute approximate surface area is 186 Å². The van der Waals surface area contributed by atoms with Crippen LogP contribution in [-0.4, -0.2) is 65.1 Å². The number of carbonyl (C=O) groups is 2. The molecule has 7 heteroatoms. The first-order valence-electron chi connectivity index (χ1n) is 10.8. The molecule has 2 amide bonds. The summed E-state index contributed by atoms with van der Waals surface area (Å²) in [6, 6.07) is 10.2. The molecule has 1 aromatic heterocycles. The first-order valence-corrected chi connectivity index (χ1v) is 10.8. The van der Waals surface area contributed by atoms with Crippen molar-refractivity contribution in [3.8, 4) is 5.75 Å². The lowest BCUT2D eigenvalue weighted by molar-refractivity contribution is 0.0303. The number of pyridine rings is 1. The summed E-state index contributed by atoms with van der Waals surface area (Å²) >= 11 is 0. The van der Waals surface area contributed by atoms with E-state index in [4.69, 9.17) is 4.74 Å². The first-order chi connectivity index (χ1) is 15.4. The van der Waals surface area contributed by atoms with E-state index in [1.165, 1.54) is 10.5 Å². The van der Waals surface area contributed by atoms with Crippen molar-refractivity contribution in [2.75, 3.05) is 33.4 Å². The molecule has 0 atom stereocenters. The lowest BCUT2D eigenvalue weighted by atomic mass is 9.94. The minimum atomic E-state index is -0.291. The summed E-state index contributed by atoms with van der Waals surface area (Å²) in [4.78, 5) is 34.2. The van der Waals surface area contributed by atoms with Crippen molar-refractivity contribution in [3.63, 3.8) is 0 Å². The summed E-state index contributed by atoms with van der Waals surface area (Å²) in [6.07, 6.45) is 2.37. The number of rotatable bonds is 3. The van der Waals surface area contributed by atoms with Crippen molar-refractivity contribution < 1.29 is 19.4 Å². The van der Waals surface area contributed by atoms with Crippen LogP contribution in [-0.2, 0) is 17.7 Å². The van der Waals surface area contributed by atoms with Crippen LogP contribution in [0.4, 0.5) is 0 Å². The van der Waals surface area contributed by atoms with E-state index in [2.05, 4.69) is 29.2 Å². The summed E-state index contributed by atoms with van der Waals surface area (Å²) in [5.74, 6) is -0.586. The van der Waals surface area contributed by atoms with Gasteiger partial charge in [0.1, 0.15) is 5.52 Å². The second kappa shape index (κ2) is 7.91. The lowest BCUT2D eigenvalue weighted by Crippen LogP contribution is -2.41. The van der Waals surface area contributed by atoms with E-state index in [0.717, 1.165) is 11.1 Å². The summed E-state index contributed by atoms with van der Waals surface area (Å²) < 4.78 is 5.40. The second-order valence-corrected chi connectivity index (χ2v) is 8.55. The Bertz CT molecular complexity index is 1230. The molecule has 0 spiro atoms. The molecule has 0 saturated carbocycles. The van der Waals surface area contributed by atoms with Gasteiger partial charge in [-0.3, -0.25) is 14.6 Å². The predicted molar refractivity (Wildman–Crippen MR) is 120 cm³/mol. The number of aryl methyl sites for hydroxylation is 1. The predicted octanol–water partition coefficient (Wildman–Crippen LogP) is 2.90. The Balaban J connectivity index is 1.67.